The molecule has 7 nitrogen and oxygen atoms in total. The smallest absolute Gasteiger partial charge is 0.203 e. The Hall–Kier alpha value is -2.64. The highest BCUT2D eigenvalue weighted by atomic mass is 16.5. The molecule has 2 aromatic carbocycles. The Labute approximate surface area is 146 Å². The molecule has 0 aromatic heterocycles. The topological polar surface area (TPSA) is 120 Å². The van der Waals surface area contributed by atoms with Gasteiger partial charge in [-0.05, 0) is 35.4 Å². The lowest BCUT2D eigenvalue weighted by Crippen LogP contribution is -2.17. The fourth-order valence-corrected chi connectivity index (χ4v) is 2.80. The third-order valence-electron chi connectivity index (χ3n) is 3.95. The van der Waals surface area contributed by atoms with Crippen LogP contribution in [0.5, 0.6) is 17.2 Å². The number of ether oxygens (including phenoxy) is 3. The summed E-state index contributed by atoms with van der Waals surface area (Å²) in [4.78, 5) is 0. The van der Waals surface area contributed by atoms with Gasteiger partial charge in [-0.15, -0.1) is 0 Å². The molecule has 0 aliphatic heterocycles. The van der Waals surface area contributed by atoms with Crippen LogP contribution in [-0.4, -0.2) is 44.3 Å². The lowest BCUT2D eigenvalue weighted by Gasteiger charge is -2.20. The number of aliphatic hydroxyl groups is 2. The van der Waals surface area contributed by atoms with E-state index in [-0.39, 0.29) is 13.0 Å². The van der Waals surface area contributed by atoms with E-state index in [1.165, 1.54) is 14.2 Å². The van der Waals surface area contributed by atoms with Gasteiger partial charge in [0, 0.05) is 23.4 Å². The lowest BCUT2D eigenvalue weighted by atomic mass is 9.92. The van der Waals surface area contributed by atoms with Crippen LogP contribution in [0.25, 0.3) is 11.1 Å². The maximum absolute atomic E-state index is 9.87. The van der Waals surface area contributed by atoms with Gasteiger partial charge in [0.05, 0.1) is 34.0 Å². The summed E-state index contributed by atoms with van der Waals surface area (Å²) in [5, 5.41) is 19.1. The Bertz CT molecular complexity index is 749. The van der Waals surface area contributed by atoms with Crippen LogP contribution in [0.3, 0.4) is 0 Å². The Morgan fingerprint density at radius 1 is 0.960 bits per heavy atom. The zero-order valence-electron chi connectivity index (χ0n) is 14.6. The zero-order chi connectivity index (χ0) is 18.6. The molecule has 0 saturated heterocycles. The molecule has 1 atom stereocenters. The first-order chi connectivity index (χ1) is 12.0. The van der Waals surface area contributed by atoms with E-state index >= 15 is 0 Å². The van der Waals surface area contributed by atoms with E-state index in [2.05, 4.69) is 0 Å². The van der Waals surface area contributed by atoms with Crippen molar-refractivity contribution in [2.24, 2.45) is 0 Å². The van der Waals surface area contributed by atoms with Crippen molar-refractivity contribution in [3.8, 4) is 28.4 Å². The number of nitrogen functional groups attached to an aromatic ring is 2. The molecule has 25 heavy (non-hydrogen) atoms. The van der Waals surface area contributed by atoms with Crippen molar-refractivity contribution in [3.05, 3.63) is 29.8 Å². The molecular formula is C18H24N2O5. The van der Waals surface area contributed by atoms with Gasteiger partial charge in [0.1, 0.15) is 0 Å². The van der Waals surface area contributed by atoms with E-state index in [4.69, 9.17) is 25.7 Å². The molecule has 0 radical (unpaired) electrons. The fraction of sp³-hybridized carbons (Fsp3) is 0.333. The van der Waals surface area contributed by atoms with Crippen molar-refractivity contribution in [2.75, 3.05) is 39.4 Å². The average Bonchev–Trinajstić information content (AvgIpc) is 2.61. The van der Waals surface area contributed by atoms with Crippen LogP contribution >= 0.6 is 0 Å². The highest BCUT2D eigenvalue weighted by Gasteiger charge is 2.21. The predicted octanol–water partition coefficient (Wildman–Crippen LogP) is 1.44. The summed E-state index contributed by atoms with van der Waals surface area (Å²) < 4.78 is 16.3. The lowest BCUT2D eigenvalue weighted by molar-refractivity contribution is 0.0957. The molecule has 0 aliphatic rings. The number of hydrogen-bond acceptors (Lipinski definition) is 7. The molecule has 136 valence electrons. The highest BCUT2D eigenvalue weighted by Crippen LogP contribution is 2.46. The van der Waals surface area contributed by atoms with E-state index < -0.39 is 6.10 Å². The second kappa shape index (κ2) is 7.96. The maximum atomic E-state index is 9.87. The highest BCUT2D eigenvalue weighted by molar-refractivity contribution is 5.83. The molecule has 0 heterocycles. The minimum absolute atomic E-state index is 0.176. The van der Waals surface area contributed by atoms with Gasteiger partial charge < -0.3 is 35.9 Å². The molecule has 6 N–H and O–H groups in total. The van der Waals surface area contributed by atoms with Crippen molar-refractivity contribution in [1.29, 1.82) is 0 Å². The number of aliphatic hydroxyl groups excluding tert-OH is 2. The molecule has 0 spiro atoms. The normalized spacial score (nSPS) is 11.9. The first-order valence-electron chi connectivity index (χ1n) is 7.72. The van der Waals surface area contributed by atoms with Crippen molar-refractivity contribution in [3.63, 3.8) is 0 Å². The molecule has 2 rings (SSSR count). The summed E-state index contributed by atoms with van der Waals surface area (Å²) in [5.41, 5.74) is 15.0. The van der Waals surface area contributed by atoms with Gasteiger partial charge in [-0.3, -0.25) is 0 Å². The van der Waals surface area contributed by atoms with Gasteiger partial charge in [-0.2, -0.15) is 0 Å². The van der Waals surface area contributed by atoms with E-state index in [0.29, 0.717) is 45.3 Å². The van der Waals surface area contributed by atoms with Crippen molar-refractivity contribution >= 4 is 11.4 Å². The molecule has 7 heteroatoms. The molecule has 0 amide bonds. The number of methoxy groups -OCH3 is 3. The summed E-state index contributed by atoms with van der Waals surface area (Å²) >= 11 is 0. The summed E-state index contributed by atoms with van der Waals surface area (Å²) in [6, 6.07) is 6.93. The Kier molecular flexibility index (Phi) is 5.95. The van der Waals surface area contributed by atoms with Crippen LogP contribution in [0, 0.1) is 0 Å². The van der Waals surface area contributed by atoms with Gasteiger partial charge >= 0.3 is 0 Å². The molecule has 0 aliphatic carbocycles. The van der Waals surface area contributed by atoms with Crippen LogP contribution in [0.2, 0.25) is 0 Å². The molecule has 1 unspecified atom stereocenters. The summed E-state index contributed by atoms with van der Waals surface area (Å²) in [5.74, 6) is 1.43. The van der Waals surface area contributed by atoms with Crippen LogP contribution in [0.1, 0.15) is 5.56 Å². The summed E-state index contributed by atoms with van der Waals surface area (Å²) in [6.07, 6.45) is -0.758. The summed E-state index contributed by atoms with van der Waals surface area (Å²) in [7, 11) is 4.59. The molecule has 2 aromatic rings. The van der Waals surface area contributed by atoms with E-state index in [9.17, 15) is 10.2 Å². The van der Waals surface area contributed by atoms with Crippen molar-refractivity contribution in [2.45, 2.75) is 12.5 Å². The van der Waals surface area contributed by atoms with Crippen LogP contribution < -0.4 is 25.7 Å². The van der Waals surface area contributed by atoms with Gasteiger partial charge in [-0.25, -0.2) is 0 Å². The van der Waals surface area contributed by atoms with Crippen LogP contribution in [0.15, 0.2) is 24.3 Å². The molecule has 0 bridgehead atoms. The van der Waals surface area contributed by atoms with Gasteiger partial charge in [0.2, 0.25) is 5.75 Å². The van der Waals surface area contributed by atoms with Gasteiger partial charge in [0.25, 0.3) is 0 Å². The minimum atomic E-state index is -0.934. The second-order valence-electron chi connectivity index (χ2n) is 5.56. The van der Waals surface area contributed by atoms with Crippen molar-refractivity contribution in [1.82, 2.24) is 0 Å². The quantitative estimate of drug-likeness (QED) is 0.559. The van der Waals surface area contributed by atoms with Crippen LogP contribution in [-0.2, 0) is 6.42 Å². The Balaban J connectivity index is 2.73. The fourth-order valence-electron chi connectivity index (χ4n) is 2.80. The minimum Gasteiger partial charge on any atom is -0.493 e. The Morgan fingerprint density at radius 2 is 1.64 bits per heavy atom. The first-order valence-corrected chi connectivity index (χ1v) is 7.72. The second-order valence-corrected chi connectivity index (χ2v) is 5.56. The SMILES string of the molecule is COc1ccc(-c2cc(N)cc(N)c2CC(O)CO)c(OC)c1OC. The Morgan fingerprint density at radius 3 is 2.20 bits per heavy atom. The third-order valence-corrected chi connectivity index (χ3v) is 3.95. The zero-order valence-corrected chi connectivity index (χ0v) is 14.6. The van der Waals surface area contributed by atoms with E-state index in [1.54, 1.807) is 25.3 Å². The largest absolute Gasteiger partial charge is 0.493 e. The standard InChI is InChI=1S/C18H24N2O5/c1-23-16-5-4-12(17(24-2)18(16)25-3)13-6-10(19)7-15(20)14(13)8-11(22)9-21/h4-7,11,21-22H,8-9,19-20H2,1-3H3. The van der Waals surface area contributed by atoms with Gasteiger partial charge in [-0.1, -0.05) is 0 Å². The van der Waals surface area contributed by atoms with E-state index in [1.807, 2.05) is 6.07 Å². The number of anilines is 2. The molecule has 0 fully saturated rings. The monoisotopic (exact) mass is 348 g/mol. The van der Waals surface area contributed by atoms with E-state index in [0.717, 1.165) is 0 Å². The van der Waals surface area contributed by atoms with Crippen LogP contribution in [0.4, 0.5) is 11.4 Å². The summed E-state index contributed by atoms with van der Waals surface area (Å²) in [6.45, 7) is -0.369. The van der Waals surface area contributed by atoms with Gasteiger partial charge in [0.15, 0.2) is 11.5 Å². The average molecular weight is 348 g/mol. The maximum Gasteiger partial charge on any atom is 0.203 e. The number of benzene rings is 2. The number of rotatable bonds is 7. The molecule has 0 saturated carbocycles. The third kappa shape index (κ3) is 3.72. The first kappa shape index (κ1) is 18.7. The molecular weight excluding hydrogens is 324 g/mol. The number of nitrogens with two attached hydrogens (primary N) is 2. The number of hydrogen-bond donors (Lipinski definition) is 4. The predicted molar refractivity (Wildman–Crippen MR) is 97.2 cm³/mol. The van der Waals surface area contributed by atoms with Crippen molar-refractivity contribution < 1.29 is 24.4 Å².